The second-order valence-electron chi connectivity index (χ2n) is 5.87. The summed E-state index contributed by atoms with van der Waals surface area (Å²) in [5, 5.41) is 3.42. The number of benzene rings is 1. The zero-order valence-corrected chi connectivity index (χ0v) is 11.1. The van der Waals surface area contributed by atoms with Crippen LogP contribution in [0, 0.1) is 0 Å². The molecule has 0 bridgehead atoms. The molecule has 1 aromatic rings. The first-order valence-corrected chi connectivity index (χ1v) is 6.65. The SMILES string of the molecule is CC(C)(N)CNCCc1ccc2c(c1)CCC2. The van der Waals surface area contributed by atoms with E-state index in [1.807, 2.05) is 0 Å². The Morgan fingerprint density at radius 2 is 2.00 bits per heavy atom. The third-order valence-corrected chi connectivity index (χ3v) is 3.33. The quantitative estimate of drug-likeness (QED) is 0.763. The van der Waals surface area contributed by atoms with Crippen LogP contribution in [0.15, 0.2) is 18.2 Å². The van der Waals surface area contributed by atoms with Gasteiger partial charge in [0.1, 0.15) is 0 Å². The van der Waals surface area contributed by atoms with Crippen molar-refractivity contribution in [3.8, 4) is 0 Å². The lowest BCUT2D eigenvalue weighted by molar-refractivity contribution is 0.469. The molecule has 0 saturated carbocycles. The number of aryl methyl sites for hydroxylation is 2. The van der Waals surface area contributed by atoms with Crippen LogP contribution in [0.25, 0.3) is 0 Å². The van der Waals surface area contributed by atoms with Crippen LogP contribution < -0.4 is 11.1 Å². The number of hydrogen-bond donors (Lipinski definition) is 2. The van der Waals surface area contributed by atoms with Gasteiger partial charge in [0.25, 0.3) is 0 Å². The molecule has 1 aliphatic carbocycles. The second-order valence-corrected chi connectivity index (χ2v) is 5.87. The summed E-state index contributed by atoms with van der Waals surface area (Å²) in [6, 6.07) is 6.97. The molecule has 17 heavy (non-hydrogen) atoms. The summed E-state index contributed by atoms with van der Waals surface area (Å²) in [6.45, 7) is 5.99. The van der Waals surface area contributed by atoms with Crippen LogP contribution in [0.3, 0.4) is 0 Å². The predicted octanol–water partition coefficient (Wildman–Crippen LogP) is 2.04. The average molecular weight is 232 g/mol. The molecule has 0 atom stereocenters. The van der Waals surface area contributed by atoms with Gasteiger partial charge in [-0.3, -0.25) is 0 Å². The van der Waals surface area contributed by atoms with Crippen molar-refractivity contribution in [2.45, 2.75) is 45.1 Å². The maximum absolute atomic E-state index is 5.93. The number of hydrogen-bond acceptors (Lipinski definition) is 2. The summed E-state index contributed by atoms with van der Waals surface area (Å²) in [6.07, 6.45) is 4.98. The number of rotatable bonds is 5. The minimum atomic E-state index is -0.113. The van der Waals surface area contributed by atoms with E-state index >= 15 is 0 Å². The molecule has 0 aromatic heterocycles. The van der Waals surface area contributed by atoms with Gasteiger partial charge >= 0.3 is 0 Å². The fraction of sp³-hybridized carbons (Fsp3) is 0.600. The zero-order chi connectivity index (χ0) is 12.3. The van der Waals surface area contributed by atoms with Gasteiger partial charge in [-0.2, -0.15) is 0 Å². The lowest BCUT2D eigenvalue weighted by atomic mass is 10.0. The molecule has 1 aromatic carbocycles. The van der Waals surface area contributed by atoms with E-state index in [0.717, 1.165) is 19.5 Å². The molecule has 2 heteroatoms. The van der Waals surface area contributed by atoms with Crippen LogP contribution in [0.2, 0.25) is 0 Å². The van der Waals surface area contributed by atoms with Gasteiger partial charge in [-0.25, -0.2) is 0 Å². The Bertz CT molecular complexity index is 377. The Morgan fingerprint density at radius 3 is 2.76 bits per heavy atom. The minimum Gasteiger partial charge on any atom is -0.324 e. The molecule has 0 unspecified atom stereocenters. The fourth-order valence-corrected chi connectivity index (χ4v) is 2.42. The molecule has 0 aliphatic heterocycles. The normalized spacial score (nSPS) is 15.0. The van der Waals surface area contributed by atoms with Gasteiger partial charge in [-0.15, -0.1) is 0 Å². The highest BCUT2D eigenvalue weighted by atomic mass is 14.9. The lowest BCUT2D eigenvalue weighted by Crippen LogP contribution is -2.43. The molecule has 0 saturated heterocycles. The van der Waals surface area contributed by atoms with Crippen LogP contribution in [0.1, 0.15) is 37.0 Å². The van der Waals surface area contributed by atoms with Crippen molar-refractivity contribution >= 4 is 0 Å². The molecule has 0 spiro atoms. The molecule has 0 amide bonds. The molecule has 2 nitrogen and oxygen atoms in total. The fourth-order valence-electron chi connectivity index (χ4n) is 2.42. The molecule has 0 fully saturated rings. The van der Waals surface area contributed by atoms with Gasteiger partial charge in [0.15, 0.2) is 0 Å². The maximum Gasteiger partial charge on any atom is 0.0223 e. The van der Waals surface area contributed by atoms with E-state index in [4.69, 9.17) is 5.73 Å². The Balaban J connectivity index is 1.80. The highest BCUT2D eigenvalue weighted by Gasteiger charge is 2.11. The van der Waals surface area contributed by atoms with E-state index < -0.39 is 0 Å². The monoisotopic (exact) mass is 232 g/mol. The molecular weight excluding hydrogens is 208 g/mol. The summed E-state index contributed by atoms with van der Waals surface area (Å²) >= 11 is 0. The van der Waals surface area contributed by atoms with Crippen molar-refractivity contribution in [1.29, 1.82) is 0 Å². The van der Waals surface area contributed by atoms with Gasteiger partial charge in [-0.05, 0) is 62.8 Å². The van der Waals surface area contributed by atoms with Crippen LogP contribution >= 0.6 is 0 Å². The average Bonchev–Trinajstić information content (AvgIpc) is 2.70. The van der Waals surface area contributed by atoms with E-state index in [2.05, 4.69) is 37.4 Å². The van der Waals surface area contributed by atoms with E-state index in [1.165, 1.54) is 24.8 Å². The third kappa shape index (κ3) is 3.83. The van der Waals surface area contributed by atoms with Gasteiger partial charge in [0, 0.05) is 12.1 Å². The first kappa shape index (κ1) is 12.6. The Hall–Kier alpha value is -0.860. The smallest absolute Gasteiger partial charge is 0.0223 e. The van der Waals surface area contributed by atoms with Gasteiger partial charge in [0.05, 0.1) is 0 Å². The van der Waals surface area contributed by atoms with E-state index in [-0.39, 0.29) is 5.54 Å². The molecule has 0 heterocycles. The molecule has 94 valence electrons. The van der Waals surface area contributed by atoms with Crippen LogP contribution in [0.4, 0.5) is 0 Å². The lowest BCUT2D eigenvalue weighted by Gasteiger charge is -2.19. The summed E-state index contributed by atoms with van der Waals surface area (Å²) in [7, 11) is 0. The predicted molar refractivity (Wildman–Crippen MR) is 73.3 cm³/mol. The largest absolute Gasteiger partial charge is 0.324 e. The van der Waals surface area contributed by atoms with Crippen LogP contribution in [-0.2, 0) is 19.3 Å². The van der Waals surface area contributed by atoms with Crippen molar-refractivity contribution in [3.63, 3.8) is 0 Å². The molecule has 3 N–H and O–H groups in total. The van der Waals surface area contributed by atoms with Gasteiger partial charge < -0.3 is 11.1 Å². The molecule has 0 radical (unpaired) electrons. The minimum absolute atomic E-state index is 0.113. The van der Waals surface area contributed by atoms with Crippen LogP contribution in [-0.4, -0.2) is 18.6 Å². The summed E-state index contributed by atoms with van der Waals surface area (Å²) < 4.78 is 0. The third-order valence-electron chi connectivity index (χ3n) is 3.33. The van der Waals surface area contributed by atoms with Crippen molar-refractivity contribution < 1.29 is 0 Å². The Kier molecular flexibility index (Phi) is 3.85. The van der Waals surface area contributed by atoms with Crippen molar-refractivity contribution in [2.75, 3.05) is 13.1 Å². The maximum atomic E-state index is 5.93. The number of nitrogens with two attached hydrogens (primary N) is 1. The summed E-state index contributed by atoms with van der Waals surface area (Å²) in [5.74, 6) is 0. The summed E-state index contributed by atoms with van der Waals surface area (Å²) in [4.78, 5) is 0. The van der Waals surface area contributed by atoms with Gasteiger partial charge in [-0.1, -0.05) is 18.2 Å². The van der Waals surface area contributed by atoms with Crippen molar-refractivity contribution in [2.24, 2.45) is 5.73 Å². The molecule has 1 aliphatic rings. The van der Waals surface area contributed by atoms with E-state index in [0.29, 0.717) is 0 Å². The van der Waals surface area contributed by atoms with E-state index in [1.54, 1.807) is 11.1 Å². The second kappa shape index (κ2) is 5.19. The van der Waals surface area contributed by atoms with E-state index in [9.17, 15) is 0 Å². The topological polar surface area (TPSA) is 38.0 Å². The molecular formula is C15H24N2. The molecule has 2 rings (SSSR count). The standard InChI is InChI=1S/C15H24N2/c1-15(2,16)11-17-9-8-12-6-7-13-4-3-5-14(13)10-12/h6-7,10,17H,3-5,8-9,11,16H2,1-2H3. The Morgan fingerprint density at radius 1 is 1.24 bits per heavy atom. The number of fused-ring (bicyclic) bond motifs is 1. The highest BCUT2D eigenvalue weighted by Crippen LogP contribution is 2.22. The van der Waals surface area contributed by atoms with Gasteiger partial charge in [0.2, 0.25) is 0 Å². The first-order chi connectivity index (χ1) is 8.04. The zero-order valence-electron chi connectivity index (χ0n) is 11.1. The first-order valence-electron chi connectivity index (χ1n) is 6.65. The summed E-state index contributed by atoms with van der Waals surface area (Å²) in [5.41, 5.74) is 10.4. The van der Waals surface area contributed by atoms with Crippen molar-refractivity contribution in [3.05, 3.63) is 34.9 Å². The Labute approximate surface area is 105 Å². The van der Waals surface area contributed by atoms with Crippen molar-refractivity contribution in [1.82, 2.24) is 5.32 Å². The highest BCUT2D eigenvalue weighted by molar-refractivity contribution is 5.35. The number of nitrogens with one attached hydrogen (secondary N) is 1. The van der Waals surface area contributed by atoms with Crippen LogP contribution in [0.5, 0.6) is 0 Å².